The van der Waals surface area contributed by atoms with Gasteiger partial charge in [0.15, 0.2) is 6.10 Å². The molecule has 114 valence electrons. The number of aliphatic carboxylic acids is 1. The molecule has 7 heteroatoms. The number of amides is 1. The standard InChI is InChI=1S/C14H15ClFNO4/c1-7(21-11-5-4-9(16)6-10(11)15)13(18)17-12(14(19)20)8-2-3-8/h4-8,12H,2-3H2,1H3,(H,17,18)(H,19,20). The van der Waals surface area contributed by atoms with Crippen LogP contribution in [0.15, 0.2) is 18.2 Å². The van der Waals surface area contributed by atoms with Crippen molar-refractivity contribution in [3.8, 4) is 5.75 Å². The van der Waals surface area contributed by atoms with Crippen LogP contribution in [-0.2, 0) is 9.59 Å². The normalized spacial score (nSPS) is 16.9. The van der Waals surface area contributed by atoms with E-state index in [1.807, 2.05) is 0 Å². The third-order valence-corrected chi connectivity index (χ3v) is 3.52. The molecular formula is C14H15ClFNO4. The number of benzene rings is 1. The number of hydrogen-bond donors (Lipinski definition) is 2. The van der Waals surface area contributed by atoms with Crippen LogP contribution in [-0.4, -0.2) is 29.1 Å². The van der Waals surface area contributed by atoms with E-state index in [9.17, 15) is 14.0 Å². The van der Waals surface area contributed by atoms with Crippen molar-refractivity contribution in [2.75, 3.05) is 0 Å². The zero-order valence-electron chi connectivity index (χ0n) is 11.3. The number of carboxylic acid groups (broad SMARTS) is 1. The van der Waals surface area contributed by atoms with Crippen molar-refractivity contribution in [1.29, 1.82) is 0 Å². The molecular weight excluding hydrogens is 301 g/mol. The molecule has 0 radical (unpaired) electrons. The third-order valence-electron chi connectivity index (χ3n) is 3.22. The minimum Gasteiger partial charge on any atom is -0.480 e. The lowest BCUT2D eigenvalue weighted by Crippen LogP contribution is -2.47. The van der Waals surface area contributed by atoms with Gasteiger partial charge in [-0.3, -0.25) is 4.79 Å². The zero-order valence-corrected chi connectivity index (χ0v) is 12.1. The Hall–Kier alpha value is -1.82. The van der Waals surface area contributed by atoms with E-state index in [1.54, 1.807) is 0 Å². The molecule has 1 aliphatic carbocycles. The van der Waals surface area contributed by atoms with Crippen molar-refractivity contribution in [3.05, 3.63) is 29.0 Å². The van der Waals surface area contributed by atoms with E-state index in [0.717, 1.165) is 25.0 Å². The monoisotopic (exact) mass is 315 g/mol. The van der Waals surface area contributed by atoms with Crippen LogP contribution in [0.3, 0.4) is 0 Å². The Morgan fingerprint density at radius 1 is 1.48 bits per heavy atom. The summed E-state index contributed by atoms with van der Waals surface area (Å²) in [7, 11) is 0. The minimum absolute atomic E-state index is 0.0203. The predicted molar refractivity (Wildman–Crippen MR) is 73.8 cm³/mol. The molecule has 2 rings (SSSR count). The van der Waals surface area contributed by atoms with Crippen LogP contribution in [0, 0.1) is 11.7 Å². The molecule has 0 heterocycles. The average molecular weight is 316 g/mol. The molecule has 1 saturated carbocycles. The van der Waals surface area contributed by atoms with Gasteiger partial charge in [0, 0.05) is 0 Å². The summed E-state index contributed by atoms with van der Waals surface area (Å²) in [4.78, 5) is 23.0. The van der Waals surface area contributed by atoms with Gasteiger partial charge in [-0.25, -0.2) is 9.18 Å². The fourth-order valence-electron chi connectivity index (χ4n) is 1.90. The van der Waals surface area contributed by atoms with Gasteiger partial charge in [0.25, 0.3) is 5.91 Å². The topological polar surface area (TPSA) is 75.6 Å². The molecule has 2 N–H and O–H groups in total. The van der Waals surface area contributed by atoms with Crippen LogP contribution in [0.5, 0.6) is 5.75 Å². The van der Waals surface area contributed by atoms with Gasteiger partial charge in [0.05, 0.1) is 5.02 Å². The van der Waals surface area contributed by atoms with E-state index in [1.165, 1.54) is 13.0 Å². The zero-order chi connectivity index (χ0) is 15.6. The van der Waals surface area contributed by atoms with Crippen LogP contribution >= 0.6 is 11.6 Å². The second kappa shape index (κ2) is 6.30. The molecule has 1 aliphatic rings. The number of ether oxygens (including phenoxy) is 1. The first-order valence-corrected chi connectivity index (χ1v) is 6.91. The van der Waals surface area contributed by atoms with E-state index in [4.69, 9.17) is 21.4 Å². The highest BCUT2D eigenvalue weighted by molar-refractivity contribution is 6.32. The fourth-order valence-corrected chi connectivity index (χ4v) is 2.11. The Bertz CT molecular complexity index is 562. The smallest absolute Gasteiger partial charge is 0.326 e. The lowest BCUT2D eigenvalue weighted by atomic mass is 10.2. The van der Waals surface area contributed by atoms with Crippen molar-refractivity contribution >= 4 is 23.5 Å². The first kappa shape index (κ1) is 15.6. The van der Waals surface area contributed by atoms with Gasteiger partial charge in [-0.15, -0.1) is 0 Å². The van der Waals surface area contributed by atoms with Gasteiger partial charge in [-0.05, 0) is 43.9 Å². The fraction of sp³-hybridized carbons (Fsp3) is 0.429. The summed E-state index contributed by atoms with van der Waals surface area (Å²) in [5.74, 6) is -1.97. The van der Waals surface area contributed by atoms with Gasteiger partial charge in [0.2, 0.25) is 0 Å². The van der Waals surface area contributed by atoms with Crippen LogP contribution in [0.1, 0.15) is 19.8 Å². The molecule has 1 fully saturated rings. The number of halogens is 2. The molecule has 0 aliphatic heterocycles. The van der Waals surface area contributed by atoms with Gasteiger partial charge in [-0.2, -0.15) is 0 Å². The van der Waals surface area contributed by atoms with Gasteiger partial charge in [-0.1, -0.05) is 11.6 Å². The summed E-state index contributed by atoms with van der Waals surface area (Å²) >= 11 is 5.80. The predicted octanol–water partition coefficient (Wildman–Crippen LogP) is 2.23. The van der Waals surface area contributed by atoms with Crippen LogP contribution < -0.4 is 10.1 Å². The highest BCUT2D eigenvalue weighted by atomic mass is 35.5. The molecule has 0 bridgehead atoms. The van der Waals surface area contributed by atoms with Crippen molar-refractivity contribution in [2.24, 2.45) is 5.92 Å². The number of nitrogens with one attached hydrogen (secondary N) is 1. The van der Waals surface area contributed by atoms with Crippen LogP contribution in [0.2, 0.25) is 5.02 Å². The average Bonchev–Trinajstić information content (AvgIpc) is 3.22. The van der Waals surface area contributed by atoms with E-state index in [0.29, 0.717) is 0 Å². The summed E-state index contributed by atoms with van der Waals surface area (Å²) < 4.78 is 18.3. The van der Waals surface area contributed by atoms with E-state index >= 15 is 0 Å². The van der Waals surface area contributed by atoms with Crippen molar-refractivity contribution in [2.45, 2.75) is 31.9 Å². The molecule has 1 aromatic carbocycles. The lowest BCUT2D eigenvalue weighted by Gasteiger charge is -2.19. The summed E-state index contributed by atoms with van der Waals surface area (Å²) in [6.45, 7) is 1.47. The van der Waals surface area contributed by atoms with Crippen LogP contribution in [0.4, 0.5) is 4.39 Å². The highest BCUT2D eigenvalue weighted by Crippen LogP contribution is 2.33. The number of carbonyl (C=O) groups is 2. The van der Waals surface area contributed by atoms with Gasteiger partial charge in [0.1, 0.15) is 17.6 Å². The van der Waals surface area contributed by atoms with Gasteiger partial charge < -0.3 is 15.2 Å². The van der Waals surface area contributed by atoms with Crippen LogP contribution in [0.25, 0.3) is 0 Å². The van der Waals surface area contributed by atoms with Gasteiger partial charge >= 0.3 is 5.97 Å². The van der Waals surface area contributed by atoms with E-state index in [-0.39, 0.29) is 16.7 Å². The lowest BCUT2D eigenvalue weighted by molar-refractivity contribution is -0.143. The number of carboxylic acids is 1. The Balaban J connectivity index is 1.97. The number of hydrogen-bond acceptors (Lipinski definition) is 3. The first-order chi connectivity index (χ1) is 9.88. The SMILES string of the molecule is CC(Oc1ccc(F)cc1Cl)C(=O)NC(C(=O)O)C1CC1. The second-order valence-electron chi connectivity index (χ2n) is 5.00. The Labute approximate surface area is 126 Å². The molecule has 21 heavy (non-hydrogen) atoms. The maximum absolute atomic E-state index is 12.9. The minimum atomic E-state index is -1.06. The largest absolute Gasteiger partial charge is 0.480 e. The highest BCUT2D eigenvalue weighted by Gasteiger charge is 2.38. The molecule has 0 aromatic heterocycles. The Morgan fingerprint density at radius 3 is 2.67 bits per heavy atom. The number of rotatable bonds is 6. The van der Waals surface area contributed by atoms with E-state index in [2.05, 4.69) is 5.32 Å². The first-order valence-electron chi connectivity index (χ1n) is 6.53. The molecule has 5 nitrogen and oxygen atoms in total. The summed E-state index contributed by atoms with van der Waals surface area (Å²) in [5.41, 5.74) is 0. The number of carbonyl (C=O) groups excluding carboxylic acids is 1. The Morgan fingerprint density at radius 2 is 2.14 bits per heavy atom. The maximum Gasteiger partial charge on any atom is 0.326 e. The summed E-state index contributed by atoms with van der Waals surface area (Å²) in [6.07, 6.45) is 0.639. The quantitative estimate of drug-likeness (QED) is 0.844. The molecule has 1 amide bonds. The maximum atomic E-state index is 12.9. The molecule has 0 saturated heterocycles. The molecule has 2 unspecified atom stereocenters. The third kappa shape index (κ3) is 4.07. The van der Waals surface area contributed by atoms with E-state index < -0.39 is 29.8 Å². The molecule has 1 aromatic rings. The second-order valence-corrected chi connectivity index (χ2v) is 5.40. The van der Waals surface area contributed by atoms with Crippen molar-refractivity contribution < 1.29 is 23.8 Å². The Kier molecular flexibility index (Phi) is 4.67. The summed E-state index contributed by atoms with van der Waals surface area (Å²) in [5, 5.41) is 11.6. The van der Waals surface area contributed by atoms with Crippen molar-refractivity contribution in [3.63, 3.8) is 0 Å². The molecule has 0 spiro atoms. The molecule has 2 atom stereocenters. The van der Waals surface area contributed by atoms with Crippen molar-refractivity contribution in [1.82, 2.24) is 5.32 Å². The summed E-state index contributed by atoms with van der Waals surface area (Å²) in [6, 6.07) is 2.66.